The van der Waals surface area contributed by atoms with Gasteiger partial charge < -0.3 is 20.6 Å². The number of amides is 3. The summed E-state index contributed by atoms with van der Waals surface area (Å²) in [5.41, 5.74) is 0.396. The second-order valence-electron chi connectivity index (χ2n) is 9.93. The van der Waals surface area contributed by atoms with Crippen LogP contribution in [0.25, 0.3) is 21.7 Å². The molecule has 5 aromatic rings. The van der Waals surface area contributed by atoms with Gasteiger partial charge >= 0.3 is 18.1 Å². The number of hydrogen-bond donors (Lipinski definition) is 2. The van der Waals surface area contributed by atoms with Crippen LogP contribution in [0.1, 0.15) is 18.4 Å². The van der Waals surface area contributed by atoms with Crippen LogP contribution >= 0.6 is 11.3 Å². The molecule has 45 heavy (non-hydrogen) atoms. The van der Waals surface area contributed by atoms with Gasteiger partial charge in [0.1, 0.15) is 11.4 Å². The van der Waals surface area contributed by atoms with Crippen molar-refractivity contribution in [2.45, 2.75) is 19.0 Å². The van der Waals surface area contributed by atoms with E-state index in [0.29, 0.717) is 40.3 Å². The summed E-state index contributed by atoms with van der Waals surface area (Å²) in [6, 6.07) is 18.1. The molecule has 0 radical (unpaired) electrons. The van der Waals surface area contributed by atoms with E-state index in [0.717, 1.165) is 29.1 Å². The molecule has 0 bridgehead atoms. The van der Waals surface area contributed by atoms with E-state index in [2.05, 4.69) is 20.6 Å². The monoisotopic (exact) mass is 632 g/mol. The van der Waals surface area contributed by atoms with Gasteiger partial charge in [0.15, 0.2) is 5.13 Å². The van der Waals surface area contributed by atoms with Crippen LogP contribution in [-0.4, -0.2) is 28.5 Å². The third-order valence-electron chi connectivity index (χ3n) is 6.81. The summed E-state index contributed by atoms with van der Waals surface area (Å²) in [7, 11) is 0. The van der Waals surface area contributed by atoms with Gasteiger partial charge in [0, 0.05) is 30.9 Å². The van der Waals surface area contributed by atoms with Crippen molar-refractivity contribution in [3.05, 3.63) is 102 Å². The number of nitrogens with zero attached hydrogens (tertiary/aromatic N) is 4. The number of alkyl halides is 3. The van der Waals surface area contributed by atoms with E-state index in [1.807, 2.05) is 0 Å². The molecule has 1 fully saturated rings. The molecule has 6 rings (SSSR count). The molecule has 2 N–H and O–H groups in total. The van der Waals surface area contributed by atoms with E-state index in [1.165, 1.54) is 23.5 Å². The number of carbonyl (C=O) groups excluding carboxylic acids is 2. The number of ether oxygens (including phenoxy) is 1. The van der Waals surface area contributed by atoms with Gasteiger partial charge in [0.05, 0.1) is 27.9 Å². The van der Waals surface area contributed by atoms with E-state index in [4.69, 9.17) is 4.74 Å². The number of aromatic nitrogens is 3. The lowest BCUT2D eigenvalue weighted by molar-refractivity contribution is -0.610. The van der Waals surface area contributed by atoms with Crippen molar-refractivity contribution in [1.29, 1.82) is 0 Å². The maximum atomic E-state index is 13.4. The van der Waals surface area contributed by atoms with Gasteiger partial charge in [-0.2, -0.15) is 13.2 Å². The number of urea groups is 1. The summed E-state index contributed by atoms with van der Waals surface area (Å²) >= 11 is 1.41. The van der Waals surface area contributed by atoms with E-state index in [-0.39, 0.29) is 28.9 Å². The Balaban J connectivity index is 1.12. The zero-order valence-electron chi connectivity index (χ0n) is 23.2. The highest BCUT2D eigenvalue weighted by molar-refractivity contribution is 7.19. The van der Waals surface area contributed by atoms with Crippen molar-refractivity contribution in [3.63, 3.8) is 0 Å². The molecule has 0 spiro atoms. The molecule has 0 saturated carbocycles. The molecule has 0 aliphatic carbocycles. The number of halogens is 3. The average molecular weight is 633 g/mol. The molecule has 3 aromatic heterocycles. The van der Waals surface area contributed by atoms with Gasteiger partial charge in [-0.05, 0) is 48.4 Å². The van der Waals surface area contributed by atoms with Crippen LogP contribution in [0.2, 0.25) is 0 Å². The van der Waals surface area contributed by atoms with E-state index < -0.39 is 17.8 Å². The number of nitrogens with one attached hydrogen (secondary N) is 2. The molecular formula is C31H23F3N6O4S. The van der Waals surface area contributed by atoms with Gasteiger partial charge in [-0.15, -0.1) is 4.73 Å². The predicted octanol–water partition coefficient (Wildman–Crippen LogP) is 7.09. The van der Waals surface area contributed by atoms with Crippen LogP contribution in [0.4, 0.5) is 34.5 Å². The van der Waals surface area contributed by atoms with Crippen LogP contribution in [0.5, 0.6) is 11.6 Å². The van der Waals surface area contributed by atoms with Gasteiger partial charge in [0.25, 0.3) is 0 Å². The molecule has 228 valence electrons. The largest absolute Gasteiger partial charge is 0.616 e. The Bertz CT molecular complexity index is 1870. The van der Waals surface area contributed by atoms with Crippen molar-refractivity contribution in [2.75, 3.05) is 22.1 Å². The third kappa shape index (κ3) is 6.70. The van der Waals surface area contributed by atoms with Crippen LogP contribution in [0.3, 0.4) is 0 Å². The van der Waals surface area contributed by atoms with E-state index in [9.17, 15) is 28.0 Å². The molecule has 10 nitrogen and oxygen atoms in total. The first-order chi connectivity index (χ1) is 21.6. The average Bonchev–Trinajstić information content (AvgIpc) is 3.68. The highest BCUT2D eigenvalue weighted by Gasteiger charge is 2.32. The molecule has 14 heteroatoms. The first-order valence-corrected chi connectivity index (χ1v) is 14.4. The zero-order chi connectivity index (χ0) is 31.6. The summed E-state index contributed by atoms with van der Waals surface area (Å²) in [6.45, 7) is 0.662. The Hall–Kier alpha value is -5.50. The van der Waals surface area contributed by atoms with Gasteiger partial charge in [-0.1, -0.05) is 41.7 Å². The lowest BCUT2D eigenvalue weighted by Crippen LogP contribution is -2.29. The third-order valence-corrected chi connectivity index (χ3v) is 7.88. The number of anilines is 3. The minimum absolute atomic E-state index is 0.0672. The second kappa shape index (κ2) is 12.2. The highest BCUT2D eigenvalue weighted by Crippen LogP contribution is 2.35. The molecule has 1 aliphatic heterocycles. The fourth-order valence-corrected chi connectivity index (χ4v) is 5.59. The molecular weight excluding hydrogens is 609 g/mol. The lowest BCUT2D eigenvalue weighted by Gasteiger charge is -2.14. The fourth-order valence-electron chi connectivity index (χ4n) is 4.63. The lowest BCUT2D eigenvalue weighted by atomic mass is 10.1. The zero-order valence-corrected chi connectivity index (χ0v) is 24.1. The maximum absolute atomic E-state index is 13.4. The van der Waals surface area contributed by atoms with E-state index in [1.54, 1.807) is 65.7 Å². The smallest absolute Gasteiger partial charge is 0.417 e. The van der Waals surface area contributed by atoms with Crippen LogP contribution < -0.4 is 25.0 Å². The predicted molar refractivity (Wildman–Crippen MR) is 162 cm³/mol. The summed E-state index contributed by atoms with van der Waals surface area (Å²) in [4.78, 5) is 35.6. The Morgan fingerprint density at radius 2 is 1.76 bits per heavy atom. The SMILES string of the molecule is O=C(Nc1ccc(Oc2ccc(-c3cnc(N4CCCC4=O)s3)cc2)[n+]([O-])c1)Nc1cc(C(F)(F)F)cnc1-c1ccccc1. The number of pyridine rings is 2. The minimum atomic E-state index is -4.67. The Kier molecular flexibility index (Phi) is 8.04. The van der Waals surface area contributed by atoms with Crippen molar-refractivity contribution in [3.8, 4) is 33.3 Å². The first-order valence-electron chi connectivity index (χ1n) is 13.6. The molecule has 1 aliphatic rings. The summed E-state index contributed by atoms with van der Waals surface area (Å²) < 4.78 is 46.2. The maximum Gasteiger partial charge on any atom is 0.417 e. The van der Waals surface area contributed by atoms with Crippen molar-refractivity contribution < 1.29 is 32.2 Å². The molecule has 4 heterocycles. The molecule has 2 aromatic carbocycles. The Morgan fingerprint density at radius 3 is 2.44 bits per heavy atom. The van der Waals surface area contributed by atoms with Crippen LogP contribution in [-0.2, 0) is 11.0 Å². The number of carbonyl (C=O) groups is 2. The summed E-state index contributed by atoms with van der Waals surface area (Å²) in [5, 5.41) is 18.2. The normalized spacial score (nSPS) is 13.1. The topological polar surface area (TPSA) is 123 Å². The second-order valence-corrected chi connectivity index (χ2v) is 10.9. The van der Waals surface area contributed by atoms with Gasteiger partial charge in [-0.25, -0.2) is 9.78 Å². The standard InChI is InChI=1S/C31H23F3N6O4S/c32-31(33,34)21-15-24(28(35-16-21)20-5-2-1-3-6-20)38-29(42)37-22-10-13-27(40(43)18-22)44-23-11-8-19(9-12-23)25-17-36-30(45-25)39-14-4-7-26(39)41/h1-3,5-6,8-13,15-18H,4,7,14H2,(H2,37,38,42). The molecule has 0 unspecified atom stereocenters. The van der Waals surface area contributed by atoms with Crippen LogP contribution in [0, 0.1) is 5.21 Å². The van der Waals surface area contributed by atoms with Gasteiger partial charge in [0.2, 0.25) is 12.1 Å². The number of thiazole rings is 1. The molecule has 1 saturated heterocycles. The van der Waals surface area contributed by atoms with Crippen molar-refractivity contribution in [2.24, 2.45) is 0 Å². The number of hydrogen-bond acceptors (Lipinski definition) is 7. The van der Waals surface area contributed by atoms with Crippen LogP contribution in [0.15, 0.2) is 91.4 Å². The first kappa shape index (κ1) is 29.6. The van der Waals surface area contributed by atoms with E-state index >= 15 is 0 Å². The highest BCUT2D eigenvalue weighted by atomic mass is 32.1. The molecule has 3 amide bonds. The number of benzene rings is 2. The fraction of sp³-hybridized carbons (Fsp3) is 0.129. The summed E-state index contributed by atoms with van der Waals surface area (Å²) in [6.07, 6.45) is 0.144. The minimum Gasteiger partial charge on any atom is -0.616 e. The quantitative estimate of drug-likeness (QED) is 0.146. The van der Waals surface area contributed by atoms with Crippen molar-refractivity contribution in [1.82, 2.24) is 9.97 Å². The number of rotatable bonds is 7. The Morgan fingerprint density at radius 1 is 0.978 bits per heavy atom. The summed E-state index contributed by atoms with van der Waals surface area (Å²) in [5.74, 6) is 0.374. The van der Waals surface area contributed by atoms with Gasteiger partial charge in [-0.3, -0.25) is 14.7 Å². The molecule has 0 atom stereocenters. The van der Waals surface area contributed by atoms with Crippen molar-refractivity contribution >= 4 is 39.8 Å². The Labute approximate surface area is 258 Å².